The Kier molecular flexibility index (Phi) is 5.96. The molecule has 1 unspecified atom stereocenters. The Balaban J connectivity index is 1.32. The molecule has 1 saturated carbocycles. The highest BCUT2D eigenvalue weighted by atomic mass is 32.2. The van der Waals surface area contributed by atoms with Gasteiger partial charge in [-0.15, -0.1) is 16.4 Å². The first-order valence-corrected chi connectivity index (χ1v) is 11.1. The van der Waals surface area contributed by atoms with Crippen LogP contribution in [0, 0.1) is 0 Å². The van der Waals surface area contributed by atoms with Crippen LogP contribution in [0.1, 0.15) is 49.7 Å². The van der Waals surface area contributed by atoms with E-state index in [0.717, 1.165) is 29.1 Å². The van der Waals surface area contributed by atoms with Crippen molar-refractivity contribution in [2.45, 2.75) is 49.8 Å². The number of nitrogens with one attached hydrogen (secondary N) is 1. The fraction of sp³-hybridized carbons (Fsp3) is 0.444. The Labute approximate surface area is 171 Å². The van der Waals surface area contributed by atoms with E-state index in [1.54, 1.807) is 23.7 Å². The van der Waals surface area contributed by atoms with Gasteiger partial charge in [-0.25, -0.2) is 9.67 Å². The lowest BCUT2D eigenvalue weighted by Crippen LogP contribution is -2.28. The predicted molar refractivity (Wildman–Crippen MR) is 108 cm³/mol. The monoisotopic (exact) mass is 415 g/mol. The summed E-state index contributed by atoms with van der Waals surface area (Å²) >= 11 is 2.92. The van der Waals surface area contributed by atoms with Crippen molar-refractivity contribution in [3.05, 3.63) is 34.9 Å². The van der Waals surface area contributed by atoms with Gasteiger partial charge in [0.15, 0.2) is 0 Å². The van der Waals surface area contributed by atoms with Crippen molar-refractivity contribution in [1.82, 2.24) is 35.5 Å². The Morgan fingerprint density at radius 2 is 2.14 bits per heavy atom. The van der Waals surface area contributed by atoms with Crippen molar-refractivity contribution >= 4 is 29.0 Å². The number of hydrogen-bond donors (Lipinski definition) is 1. The van der Waals surface area contributed by atoms with Gasteiger partial charge in [0.2, 0.25) is 11.1 Å². The molecule has 0 radical (unpaired) electrons. The number of carbonyl (C=O) groups is 1. The normalized spacial score (nSPS) is 15.6. The van der Waals surface area contributed by atoms with E-state index in [9.17, 15) is 4.79 Å². The summed E-state index contributed by atoms with van der Waals surface area (Å²) in [7, 11) is 0. The molecule has 1 amide bonds. The molecule has 0 aromatic carbocycles. The summed E-state index contributed by atoms with van der Waals surface area (Å²) in [5.41, 5.74) is 1.92. The number of hydrogen-bond acceptors (Lipinski definition) is 8. The number of thioether (sulfide) groups is 1. The van der Waals surface area contributed by atoms with Crippen LogP contribution in [0.3, 0.4) is 0 Å². The minimum absolute atomic E-state index is 0.0564. The van der Waals surface area contributed by atoms with E-state index in [0.29, 0.717) is 11.2 Å². The van der Waals surface area contributed by atoms with Crippen molar-refractivity contribution in [2.75, 3.05) is 5.75 Å². The standard InChI is InChI=1S/C18H21N7OS2/c1-12(17-21-15(10-27-17)13-6-8-19-9-7-13)20-16(26)11-28-18-22-23-24-25(18)14-4-2-3-5-14/h6-10,12,14H,2-5,11H2,1H3,(H,20,26). The van der Waals surface area contributed by atoms with Gasteiger partial charge in [0, 0.05) is 23.3 Å². The van der Waals surface area contributed by atoms with Crippen LogP contribution in [0.2, 0.25) is 0 Å². The quantitative estimate of drug-likeness (QED) is 0.591. The van der Waals surface area contributed by atoms with Gasteiger partial charge in [0.25, 0.3) is 0 Å². The molecule has 1 fully saturated rings. The molecule has 10 heteroatoms. The minimum Gasteiger partial charge on any atom is -0.346 e. The van der Waals surface area contributed by atoms with E-state index in [2.05, 4.69) is 30.8 Å². The fourth-order valence-electron chi connectivity index (χ4n) is 3.28. The summed E-state index contributed by atoms with van der Waals surface area (Å²) in [6, 6.07) is 4.06. The maximum atomic E-state index is 12.4. The molecule has 8 nitrogen and oxygen atoms in total. The second kappa shape index (κ2) is 8.78. The summed E-state index contributed by atoms with van der Waals surface area (Å²) < 4.78 is 1.87. The average molecular weight is 416 g/mol. The van der Waals surface area contributed by atoms with Crippen LogP contribution >= 0.6 is 23.1 Å². The van der Waals surface area contributed by atoms with Crippen molar-refractivity contribution in [3.8, 4) is 11.3 Å². The number of thiazole rings is 1. The van der Waals surface area contributed by atoms with E-state index in [1.807, 2.05) is 29.1 Å². The molecule has 1 N–H and O–H groups in total. The number of nitrogens with zero attached hydrogens (tertiary/aromatic N) is 6. The van der Waals surface area contributed by atoms with Gasteiger partial charge >= 0.3 is 0 Å². The van der Waals surface area contributed by atoms with Crippen molar-refractivity contribution in [3.63, 3.8) is 0 Å². The van der Waals surface area contributed by atoms with Crippen LogP contribution in [0.4, 0.5) is 0 Å². The average Bonchev–Trinajstić information content (AvgIpc) is 3.48. The zero-order chi connectivity index (χ0) is 19.3. The highest BCUT2D eigenvalue weighted by molar-refractivity contribution is 7.99. The maximum Gasteiger partial charge on any atom is 0.231 e. The first kappa shape index (κ1) is 19.0. The number of rotatable bonds is 7. The van der Waals surface area contributed by atoms with Crippen molar-refractivity contribution in [1.29, 1.82) is 0 Å². The van der Waals surface area contributed by atoms with E-state index in [1.165, 1.54) is 24.6 Å². The summed E-state index contributed by atoms with van der Waals surface area (Å²) in [6.07, 6.45) is 8.12. The molecule has 3 aromatic rings. The molecule has 0 spiro atoms. The third-order valence-corrected chi connectivity index (χ3v) is 6.67. The van der Waals surface area contributed by atoms with Crippen LogP contribution in [0.25, 0.3) is 11.3 Å². The van der Waals surface area contributed by atoms with Crippen LogP contribution < -0.4 is 5.32 Å². The van der Waals surface area contributed by atoms with Crippen LogP contribution in [0.5, 0.6) is 0 Å². The molecule has 0 bridgehead atoms. The first-order valence-electron chi connectivity index (χ1n) is 9.26. The molecular formula is C18H21N7OS2. The molecule has 4 rings (SSSR count). The molecular weight excluding hydrogens is 394 g/mol. The Hall–Kier alpha value is -2.33. The summed E-state index contributed by atoms with van der Waals surface area (Å²) in [5.74, 6) is 0.221. The summed E-state index contributed by atoms with van der Waals surface area (Å²) in [6.45, 7) is 1.94. The molecule has 1 atom stereocenters. The number of tetrazole rings is 1. The highest BCUT2D eigenvalue weighted by Crippen LogP contribution is 2.31. The molecule has 0 aliphatic heterocycles. The van der Waals surface area contributed by atoms with Gasteiger partial charge in [0.05, 0.1) is 23.5 Å². The largest absolute Gasteiger partial charge is 0.346 e. The van der Waals surface area contributed by atoms with Gasteiger partial charge in [0.1, 0.15) is 5.01 Å². The molecule has 1 aliphatic carbocycles. The Morgan fingerprint density at radius 1 is 1.36 bits per heavy atom. The summed E-state index contributed by atoms with van der Waals surface area (Å²) in [4.78, 5) is 21.1. The van der Waals surface area contributed by atoms with Crippen LogP contribution in [-0.2, 0) is 4.79 Å². The van der Waals surface area contributed by atoms with E-state index in [4.69, 9.17) is 0 Å². The lowest BCUT2D eigenvalue weighted by atomic mass is 10.2. The topological polar surface area (TPSA) is 98.5 Å². The zero-order valence-corrected chi connectivity index (χ0v) is 17.1. The van der Waals surface area contributed by atoms with E-state index in [-0.39, 0.29) is 17.7 Å². The molecule has 0 saturated heterocycles. The van der Waals surface area contributed by atoms with Crippen molar-refractivity contribution in [2.24, 2.45) is 0 Å². The summed E-state index contributed by atoms with van der Waals surface area (Å²) in [5, 5.41) is 18.6. The second-order valence-electron chi connectivity index (χ2n) is 6.73. The second-order valence-corrected chi connectivity index (χ2v) is 8.56. The molecule has 1 aliphatic rings. The SMILES string of the molecule is CC(NC(=O)CSc1nnnn1C1CCCC1)c1nc(-c2ccncc2)cs1. The number of amides is 1. The third kappa shape index (κ3) is 4.39. The fourth-order valence-corrected chi connectivity index (χ4v) is 4.87. The van der Waals surface area contributed by atoms with E-state index >= 15 is 0 Å². The lowest BCUT2D eigenvalue weighted by molar-refractivity contribution is -0.119. The minimum atomic E-state index is -0.153. The zero-order valence-electron chi connectivity index (χ0n) is 15.5. The van der Waals surface area contributed by atoms with Crippen molar-refractivity contribution < 1.29 is 4.79 Å². The predicted octanol–water partition coefficient (Wildman–Crippen LogP) is 3.28. The highest BCUT2D eigenvalue weighted by Gasteiger charge is 2.22. The molecule has 3 aromatic heterocycles. The van der Waals surface area contributed by atoms with Crippen LogP contribution in [-0.4, -0.2) is 41.8 Å². The Bertz CT molecular complexity index is 921. The first-order chi connectivity index (χ1) is 13.7. The molecule has 28 heavy (non-hydrogen) atoms. The van der Waals surface area contributed by atoms with Crippen LogP contribution in [0.15, 0.2) is 35.1 Å². The van der Waals surface area contributed by atoms with Gasteiger partial charge in [-0.05, 0) is 42.3 Å². The number of aromatic nitrogens is 6. The number of carbonyl (C=O) groups excluding carboxylic acids is 1. The Morgan fingerprint density at radius 3 is 2.93 bits per heavy atom. The van der Waals surface area contributed by atoms with Gasteiger partial charge in [-0.2, -0.15) is 0 Å². The van der Waals surface area contributed by atoms with Gasteiger partial charge in [-0.1, -0.05) is 24.6 Å². The van der Waals surface area contributed by atoms with Gasteiger partial charge < -0.3 is 5.32 Å². The van der Waals surface area contributed by atoms with Gasteiger partial charge in [-0.3, -0.25) is 9.78 Å². The molecule has 3 heterocycles. The lowest BCUT2D eigenvalue weighted by Gasteiger charge is -2.12. The smallest absolute Gasteiger partial charge is 0.231 e. The molecule has 146 valence electrons. The van der Waals surface area contributed by atoms with E-state index < -0.39 is 0 Å². The maximum absolute atomic E-state index is 12.4. The third-order valence-electron chi connectivity index (χ3n) is 4.71. The number of pyridine rings is 1.